The average Bonchev–Trinajstić information content (AvgIpc) is 2.91. The van der Waals surface area contributed by atoms with Crippen LogP contribution in [-0.2, 0) is 27.8 Å². The molecule has 0 saturated carbocycles. The molecule has 0 fully saturated rings. The van der Waals surface area contributed by atoms with Crippen molar-refractivity contribution in [3.8, 4) is 0 Å². The Morgan fingerprint density at radius 3 is 2.41 bits per heavy atom. The van der Waals surface area contributed by atoms with Crippen LogP contribution in [0.2, 0.25) is 0 Å². The van der Waals surface area contributed by atoms with Gasteiger partial charge in [0.05, 0.1) is 12.7 Å². The molecule has 0 atom stereocenters. The standard InChI is InChI=1S/C19H23F3N2O3/c1-6-27-18(3,4)17-23-15(16(25)26-5)12(2)24(17)11-13-9-7-8-10-14(13)19(20,21)22/h7-10H,6,11H2,1-5H3. The lowest BCUT2D eigenvalue weighted by Crippen LogP contribution is -2.27. The molecule has 8 heteroatoms. The van der Waals surface area contributed by atoms with Gasteiger partial charge in [0.25, 0.3) is 0 Å². The van der Waals surface area contributed by atoms with Crippen LogP contribution < -0.4 is 0 Å². The zero-order chi connectivity index (χ0) is 20.4. The van der Waals surface area contributed by atoms with Crippen molar-refractivity contribution in [3.05, 3.63) is 52.6 Å². The Labute approximate surface area is 156 Å². The highest BCUT2D eigenvalue weighted by Gasteiger charge is 2.35. The van der Waals surface area contributed by atoms with Gasteiger partial charge in [-0.25, -0.2) is 9.78 Å². The number of esters is 1. The van der Waals surface area contributed by atoms with Gasteiger partial charge in [0, 0.05) is 18.8 Å². The molecule has 1 heterocycles. The molecule has 0 N–H and O–H groups in total. The third-order valence-corrected chi connectivity index (χ3v) is 4.29. The fourth-order valence-electron chi connectivity index (χ4n) is 3.01. The monoisotopic (exact) mass is 384 g/mol. The Morgan fingerprint density at radius 1 is 1.22 bits per heavy atom. The maximum atomic E-state index is 13.4. The summed E-state index contributed by atoms with van der Waals surface area (Å²) in [4.78, 5) is 16.4. The van der Waals surface area contributed by atoms with Gasteiger partial charge in [-0.1, -0.05) is 18.2 Å². The number of carbonyl (C=O) groups is 1. The smallest absolute Gasteiger partial charge is 0.416 e. The van der Waals surface area contributed by atoms with Gasteiger partial charge in [0.2, 0.25) is 0 Å². The van der Waals surface area contributed by atoms with E-state index in [1.54, 1.807) is 31.4 Å². The molecule has 0 spiro atoms. The minimum Gasteiger partial charge on any atom is -0.464 e. The number of aromatic nitrogens is 2. The highest BCUT2D eigenvalue weighted by atomic mass is 19.4. The molecule has 0 aliphatic carbocycles. The van der Waals surface area contributed by atoms with Crippen LogP contribution in [0.15, 0.2) is 24.3 Å². The van der Waals surface area contributed by atoms with Gasteiger partial charge >= 0.3 is 12.1 Å². The van der Waals surface area contributed by atoms with Gasteiger partial charge in [0.15, 0.2) is 5.69 Å². The Morgan fingerprint density at radius 2 is 1.85 bits per heavy atom. The largest absolute Gasteiger partial charge is 0.464 e. The second-order valence-electron chi connectivity index (χ2n) is 6.55. The van der Waals surface area contributed by atoms with Crippen LogP contribution in [0.25, 0.3) is 0 Å². The minimum atomic E-state index is -4.48. The summed E-state index contributed by atoms with van der Waals surface area (Å²) >= 11 is 0. The molecule has 148 valence electrons. The normalized spacial score (nSPS) is 12.3. The number of rotatable bonds is 6. The van der Waals surface area contributed by atoms with E-state index < -0.39 is 23.3 Å². The summed E-state index contributed by atoms with van der Waals surface area (Å²) in [6, 6.07) is 5.34. The Kier molecular flexibility index (Phi) is 5.99. The SMILES string of the molecule is CCOC(C)(C)c1nc(C(=O)OC)c(C)n1Cc1ccccc1C(F)(F)F. The first-order valence-electron chi connectivity index (χ1n) is 8.47. The van der Waals surface area contributed by atoms with Crippen molar-refractivity contribution in [3.63, 3.8) is 0 Å². The van der Waals surface area contributed by atoms with Gasteiger partial charge < -0.3 is 14.0 Å². The Bertz CT molecular complexity index is 826. The molecule has 5 nitrogen and oxygen atoms in total. The number of hydrogen-bond donors (Lipinski definition) is 0. The second-order valence-corrected chi connectivity index (χ2v) is 6.55. The number of methoxy groups -OCH3 is 1. The van der Waals surface area contributed by atoms with Gasteiger partial charge in [-0.05, 0) is 39.3 Å². The van der Waals surface area contributed by atoms with E-state index in [1.165, 1.54) is 19.2 Å². The molecule has 27 heavy (non-hydrogen) atoms. The molecule has 2 rings (SSSR count). The lowest BCUT2D eigenvalue weighted by atomic mass is 10.1. The topological polar surface area (TPSA) is 53.4 Å². The summed E-state index contributed by atoms with van der Waals surface area (Å²) in [6.45, 7) is 7.23. The van der Waals surface area contributed by atoms with Crippen LogP contribution >= 0.6 is 0 Å². The second kappa shape index (κ2) is 7.72. The number of imidazole rings is 1. The van der Waals surface area contributed by atoms with Gasteiger partial charge in [-0.2, -0.15) is 13.2 Å². The van der Waals surface area contributed by atoms with Crippen molar-refractivity contribution < 1.29 is 27.4 Å². The molecule has 0 unspecified atom stereocenters. The predicted molar refractivity (Wildman–Crippen MR) is 93.5 cm³/mol. The van der Waals surface area contributed by atoms with E-state index in [2.05, 4.69) is 4.98 Å². The summed E-state index contributed by atoms with van der Waals surface area (Å²) < 4.78 is 52.2. The van der Waals surface area contributed by atoms with Crippen LogP contribution in [0.4, 0.5) is 13.2 Å². The van der Waals surface area contributed by atoms with Crippen LogP contribution in [-0.4, -0.2) is 29.2 Å². The van der Waals surface area contributed by atoms with Crippen molar-refractivity contribution in [2.75, 3.05) is 13.7 Å². The molecule has 0 amide bonds. The van der Waals surface area contributed by atoms with E-state index in [-0.39, 0.29) is 17.8 Å². The maximum absolute atomic E-state index is 13.4. The number of halogens is 3. The van der Waals surface area contributed by atoms with Crippen molar-refractivity contribution in [2.45, 2.75) is 46.0 Å². The lowest BCUT2D eigenvalue weighted by molar-refractivity contribution is -0.138. The predicted octanol–water partition coefficient (Wildman–Crippen LogP) is 4.32. The van der Waals surface area contributed by atoms with Crippen molar-refractivity contribution in [1.82, 2.24) is 9.55 Å². The van der Waals surface area contributed by atoms with Crippen LogP contribution in [0.1, 0.15) is 53.9 Å². The summed E-state index contributed by atoms with van der Waals surface area (Å²) in [7, 11) is 1.23. The van der Waals surface area contributed by atoms with Crippen LogP contribution in [0, 0.1) is 6.92 Å². The van der Waals surface area contributed by atoms with Gasteiger partial charge in [0.1, 0.15) is 11.4 Å². The van der Waals surface area contributed by atoms with E-state index in [9.17, 15) is 18.0 Å². The summed E-state index contributed by atoms with van der Waals surface area (Å²) in [5.41, 5.74) is -1.07. The van der Waals surface area contributed by atoms with Crippen LogP contribution in [0.5, 0.6) is 0 Å². The molecule has 0 saturated heterocycles. The number of nitrogens with zero attached hydrogens (tertiary/aromatic N) is 2. The number of ether oxygens (including phenoxy) is 2. The summed E-state index contributed by atoms with van der Waals surface area (Å²) in [6.07, 6.45) is -4.48. The van der Waals surface area contributed by atoms with Crippen molar-refractivity contribution in [2.24, 2.45) is 0 Å². The van der Waals surface area contributed by atoms with Crippen molar-refractivity contribution >= 4 is 5.97 Å². The van der Waals surface area contributed by atoms with Gasteiger partial charge in [-0.15, -0.1) is 0 Å². The van der Waals surface area contributed by atoms with Crippen LogP contribution in [0.3, 0.4) is 0 Å². The molecule has 0 bridgehead atoms. The molecular weight excluding hydrogens is 361 g/mol. The maximum Gasteiger partial charge on any atom is 0.416 e. The minimum absolute atomic E-state index is 0.0600. The average molecular weight is 384 g/mol. The summed E-state index contributed by atoms with van der Waals surface area (Å²) in [5.74, 6) is -0.289. The van der Waals surface area contributed by atoms with E-state index in [0.29, 0.717) is 18.1 Å². The molecule has 1 aromatic carbocycles. The summed E-state index contributed by atoms with van der Waals surface area (Å²) in [5, 5.41) is 0. The molecule has 1 aromatic heterocycles. The molecular formula is C19H23F3N2O3. The fraction of sp³-hybridized carbons (Fsp3) is 0.474. The first kappa shape index (κ1) is 21.0. The first-order valence-corrected chi connectivity index (χ1v) is 8.47. The quantitative estimate of drug-likeness (QED) is 0.696. The van der Waals surface area contributed by atoms with E-state index in [1.807, 2.05) is 6.92 Å². The zero-order valence-corrected chi connectivity index (χ0v) is 16.0. The molecule has 0 aliphatic heterocycles. The number of alkyl halides is 3. The molecule has 0 aliphatic rings. The highest BCUT2D eigenvalue weighted by molar-refractivity contribution is 5.88. The Balaban J connectivity index is 2.63. The van der Waals surface area contributed by atoms with E-state index in [0.717, 1.165) is 6.07 Å². The van der Waals surface area contributed by atoms with E-state index in [4.69, 9.17) is 9.47 Å². The number of benzene rings is 1. The Hall–Kier alpha value is -2.35. The molecule has 2 aromatic rings. The van der Waals surface area contributed by atoms with Gasteiger partial charge in [-0.3, -0.25) is 0 Å². The fourth-order valence-corrected chi connectivity index (χ4v) is 3.01. The number of carbonyl (C=O) groups excluding carboxylic acids is 1. The highest BCUT2D eigenvalue weighted by Crippen LogP contribution is 2.34. The number of hydrogen-bond acceptors (Lipinski definition) is 4. The third kappa shape index (κ3) is 4.32. The third-order valence-electron chi connectivity index (χ3n) is 4.29. The van der Waals surface area contributed by atoms with Crippen molar-refractivity contribution in [1.29, 1.82) is 0 Å². The molecule has 0 radical (unpaired) electrons. The van der Waals surface area contributed by atoms with E-state index >= 15 is 0 Å². The lowest BCUT2D eigenvalue weighted by Gasteiger charge is -2.26. The zero-order valence-electron chi connectivity index (χ0n) is 16.0. The first-order chi connectivity index (χ1) is 12.5.